The maximum atomic E-state index is 12.5. The van der Waals surface area contributed by atoms with Crippen molar-refractivity contribution in [1.82, 2.24) is 4.90 Å². The van der Waals surface area contributed by atoms with Gasteiger partial charge in [0.1, 0.15) is 12.2 Å². The van der Waals surface area contributed by atoms with Gasteiger partial charge in [0.2, 0.25) is 0 Å². The average molecular weight is 460 g/mol. The molecular weight excluding hydrogens is 442 g/mol. The highest BCUT2D eigenvalue weighted by atomic mass is 79.9. The van der Waals surface area contributed by atoms with Gasteiger partial charge >= 0.3 is 11.6 Å². The lowest BCUT2D eigenvalue weighted by Crippen LogP contribution is -2.40. The zero-order chi connectivity index (χ0) is 20.4. The number of hydrogen-bond acceptors (Lipinski definition) is 6. The lowest BCUT2D eigenvalue weighted by molar-refractivity contribution is -0.151. The van der Waals surface area contributed by atoms with Gasteiger partial charge in [-0.05, 0) is 43.2 Å². The lowest BCUT2D eigenvalue weighted by atomic mass is 9.97. The van der Waals surface area contributed by atoms with Gasteiger partial charge in [0.25, 0.3) is 5.91 Å². The number of halogens is 1. The average Bonchev–Trinajstić information content (AvgIpc) is 3.25. The van der Waals surface area contributed by atoms with E-state index in [9.17, 15) is 14.4 Å². The summed E-state index contributed by atoms with van der Waals surface area (Å²) in [7, 11) is 0. The van der Waals surface area contributed by atoms with Crippen LogP contribution in [0.15, 0.2) is 60.8 Å². The van der Waals surface area contributed by atoms with Gasteiger partial charge in [-0.3, -0.25) is 9.59 Å². The van der Waals surface area contributed by atoms with E-state index in [1.54, 1.807) is 23.1 Å². The molecule has 0 spiro atoms. The summed E-state index contributed by atoms with van der Waals surface area (Å²) in [6.45, 7) is 0.921. The van der Waals surface area contributed by atoms with Crippen molar-refractivity contribution in [1.29, 1.82) is 0 Å². The van der Waals surface area contributed by atoms with Crippen molar-refractivity contribution >= 4 is 38.8 Å². The number of amides is 1. The number of rotatable bonds is 4. The van der Waals surface area contributed by atoms with E-state index in [2.05, 4.69) is 15.9 Å². The largest absolute Gasteiger partial charge is 0.461 e. The molecule has 1 saturated heterocycles. The summed E-state index contributed by atoms with van der Waals surface area (Å²) in [6, 6.07) is 9.98. The highest BCUT2D eigenvalue weighted by Gasteiger charge is 2.29. The van der Waals surface area contributed by atoms with E-state index in [-0.39, 0.29) is 24.4 Å². The van der Waals surface area contributed by atoms with Gasteiger partial charge in [-0.25, -0.2) is 4.79 Å². The van der Waals surface area contributed by atoms with Crippen LogP contribution in [0.3, 0.4) is 0 Å². The van der Waals surface area contributed by atoms with E-state index in [4.69, 9.17) is 13.6 Å². The Morgan fingerprint density at radius 1 is 1.17 bits per heavy atom. The van der Waals surface area contributed by atoms with Gasteiger partial charge < -0.3 is 18.5 Å². The van der Waals surface area contributed by atoms with Crippen LogP contribution in [0.5, 0.6) is 0 Å². The molecule has 1 aromatic carbocycles. The fourth-order valence-corrected chi connectivity index (χ4v) is 3.80. The third-order valence-corrected chi connectivity index (χ3v) is 5.50. The van der Waals surface area contributed by atoms with Gasteiger partial charge in [-0.15, -0.1) is 0 Å². The Bertz CT molecular complexity index is 1100. The highest BCUT2D eigenvalue weighted by molar-refractivity contribution is 9.10. The van der Waals surface area contributed by atoms with E-state index >= 15 is 0 Å². The van der Waals surface area contributed by atoms with E-state index in [1.165, 1.54) is 12.3 Å². The van der Waals surface area contributed by atoms with Gasteiger partial charge in [0.05, 0.1) is 12.2 Å². The Hall–Kier alpha value is -2.87. The molecule has 8 heteroatoms. The Labute approximate surface area is 174 Å². The summed E-state index contributed by atoms with van der Waals surface area (Å²) in [4.78, 5) is 38.3. The fraction of sp³-hybridized carbons (Fsp3) is 0.286. The minimum absolute atomic E-state index is 0.00585. The summed E-state index contributed by atoms with van der Waals surface area (Å²) in [5, 5.41) is 0.722. The van der Waals surface area contributed by atoms with E-state index < -0.39 is 5.63 Å². The van der Waals surface area contributed by atoms with Crippen LogP contribution in [0.4, 0.5) is 0 Å². The molecule has 0 unspecified atom stereocenters. The number of hydrogen-bond donors (Lipinski definition) is 0. The van der Waals surface area contributed by atoms with Crippen molar-refractivity contribution in [3.05, 3.63) is 68.9 Å². The Morgan fingerprint density at radius 2 is 1.97 bits per heavy atom. The zero-order valence-electron chi connectivity index (χ0n) is 15.4. The van der Waals surface area contributed by atoms with Crippen molar-refractivity contribution in [2.24, 2.45) is 5.92 Å². The molecule has 3 aromatic rings. The molecule has 1 aliphatic heterocycles. The standard InChI is InChI=1S/C21H18BrNO6/c22-15-3-4-16-14(10-19(24)29-18(16)11-15)12-28-21(26)13-5-7-23(8-6-13)20(25)17-2-1-9-27-17/h1-4,9-11,13H,5-8,12H2. The van der Waals surface area contributed by atoms with Crippen LogP contribution < -0.4 is 5.63 Å². The second-order valence-corrected chi connectivity index (χ2v) is 7.80. The number of piperidine rings is 1. The summed E-state index contributed by atoms with van der Waals surface area (Å²) >= 11 is 3.34. The normalized spacial score (nSPS) is 14.9. The minimum Gasteiger partial charge on any atom is -0.461 e. The predicted molar refractivity (Wildman–Crippen MR) is 107 cm³/mol. The van der Waals surface area contributed by atoms with E-state index in [1.807, 2.05) is 12.1 Å². The fourth-order valence-electron chi connectivity index (χ4n) is 3.46. The number of fused-ring (bicyclic) bond motifs is 1. The molecule has 1 amide bonds. The van der Waals surface area contributed by atoms with Crippen LogP contribution in [0.1, 0.15) is 29.0 Å². The number of esters is 1. The zero-order valence-corrected chi connectivity index (χ0v) is 17.0. The number of carbonyl (C=O) groups excluding carboxylic acids is 2. The lowest BCUT2D eigenvalue weighted by Gasteiger charge is -2.30. The Kier molecular flexibility index (Phi) is 5.53. The van der Waals surface area contributed by atoms with E-state index in [0.717, 1.165) is 9.86 Å². The molecular formula is C21H18BrNO6. The molecule has 2 aromatic heterocycles. The molecule has 7 nitrogen and oxygen atoms in total. The maximum absolute atomic E-state index is 12.5. The summed E-state index contributed by atoms with van der Waals surface area (Å²) in [6.07, 6.45) is 2.51. The molecule has 4 rings (SSSR count). The first-order valence-corrected chi connectivity index (χ1v) is 10.0. The molecule has 29 heavy (non-hydrogen) atoms. The minimum atomic E-state index is -0.494. The number of furan rings is 1. The van der Waals surface area contributed by atoms with Crippen molar-refractivity contribution in [3.63, 3.8) is 0 Å². The first-order chi connectivity index (χ1) is 14.0. The molecule has 0 radical (unpaired) electrons. The maximum Gasteiger partial charge on any atom is 0.336 e. The molecule has 0 bridgehead atoms. The molecule has 3 heterocycles. The molecule has 0 saturated carbocycles. The van der Waals surface area contributed by atoms with Crippen molar-refractivity contribution in [2.45, 2.75) is 19.4 Å². The second kappa shape index (κ2) is 8.24. The van der Waals surface area contributed by atoms with Crippen LogP contribution >= 0.6 is 15.9 Å². The quantitative estimate of drug-likeness (QED) is 0.435. The molecule has 1 aliphatic rings. The van der Waals surface area contributed by atoms with Gasteiger partial charge in [-0.1, -0.05) is 15.9 Å². The highest BCUT2D eigenvalue weighted by Crippen LogP contribution is 2.24. The first-order valence-electron chi connectivity index (χ1n) is 9.23. The molecule has 150 valence electrons. The van der Waals surface area contributed by atoms with Crippen LogP contribution in [0.2, 0.25) is 0 Å². The summed E-state index contributed by atoms with van der Waals surface area (Å²) in [5.74, 6) is -0.479. The van der Waals surface area contributed by atoms with E-state index in [0.29, 0.717) is 42.8 Å². The van der Waals surface area contributed by atoms with Gasteiger partial charge in [0.15, 0.2) is 5.76 Å². The monoisotopic (exact) mass is 459 g/mol. The first kappa shape index (κ1) is 19.4. The molecule has 0 atom stereocenters. The smallest absolute Gasteiger partial charge is 0.336 e. The Morgan fingerprint density at radius 3 is 2.69 bits per heavy atom. The van der Waals surface area contributed by atoms with Crippen LogP contribution in [-0.4, -0.2) is 29.9 Å². The number of carbonyl (C=O) groups is 2. The predicted octanol–water partition coefficient (Wildman–Crippen LogP) is 3.74. The van der Waals surface area contributed by atoms with Gasteiger partial charge in [-0.2, -0.15) is 0 Å². The third-order valence-electron chi connectivity index (χ3n) is 5.01. The third kappa shape index (κ3) is 4.27. The molecule has 0 aliphatic carbocycles. The van der Waals surface area contributed by atoms with Crippen LogP contribution in [-0.2, 0) is 16.1 Å². The SMILES string of the molecule is O=C(OCc1cc(=O)oc2cc(Br)ccc12)C1CCN(C(=O)c2ccco2)CC1. The summed E-state index contributed by atoms with van der Waals surface area (Å²) in [5.41, 5.74) is 0.539. The Balaban J connectivity index is 1.37. The number of nitrogens with zero attached hydrogens (tertiary/aromatic N) is 1. The van der Waals surface area contributed by atoms with Gasteiger partial charge in [0, 0.05) is 34.6 Å². The summed E-state index contributed by atoms with van der Waals surface area (Å²) < 4.78 is 16.6. The van der Waals surface area contributed by atoms with Crippen molar-refractivity contribution in [2.75, 3.05) is 13.1 Å². The van der Waals surface area contributed by atoms with Crippen molar-refractivity contribution < 1.29 is 23.2 Å². The molecule has 0 N–H and O–H groups in total. The van der Waals surface area contributed by atoms with Crippen LogP contribution in [0.25, 0.3) is 11.0 Å². The second-order valence-electron chi connectivity index (χ2n) is 6.88. The molecule has 1 fully saturated rings. The number of ether oxygens (including phenoxy) is 1. The topological polar surface area (TPSA) is 90.0 Å². The number of likely N-dealkylation sites (tertiary alicyclic amines) is 1. The van der Waals surface area contributed by atoms with Crippen molar-refractivity contribution in [3.8, 4) is 0 Å². The van der Waals surface area contributed by atoms with Crippen LogP contribution in [0, 0.1) is 5.92 Å². The number of benzene rings is 1.